The van der Waals surface area contributed by atoms with E-state index in [0.717, 1.165) is 30.6 Å². The Kier molecular flexibility index (Phi) is 2.25. The number of carbonyl (C=O) groups excluding carboxylic acids is 1. The van der Waals surface area contributed by atoms with E-state index < -0.39 is 0 Å². The molecule has 2 aromatic carbocycles. The molecule has 0 spiro atoms. The first kappa shape index (κ1) is 10.8. The lowest BCUT2D eigenvalue weighted by atomic mass is 9.95. The molecule has 0 bridgehead atoms. The molecule has 4 rings (SSSR count). The van der Waals surface area contributed by atoms with Gasteiger partial charge in [0.05, 0.1) is 5.69 Å². The number of hydrogen-bond acceptors (Lipinski definition) is 2. The average molecular weight is 249 g/mol. The highest BCUT2D eigenvalue weighted by Crippen LogP contribution is 2.40. The van der Waals surface area contributed by atoms with Gasteiger partial charge in [-0.15, -0.1) is 0 Å². The highest BCUT2D eigenvalue weighted by atomic mass is 16.1. The first-order chi connectivity index (χ1) is 9.34. The Morgan fingerprint density at radius 3 is 2.58 bits per heavy atom. The predicted octanol–water partition coefficient (Wildman–Crippen LogP) is 3.51. The number of hydrogen-bond donors (Lipinski definition) is 0. The average Bonchev–Trinajstić information content (AvgIpc) is 2.62. The van der Waals surface area contributed by atoms with Crippen molar-refractivity contribution >= 4 is 17.2 Å². The van der Waals surface area contributed by atoms with Crippen LogP contribution in [0.4, 0.5) is 11.4 Å². The zero-order valence-corrected chi connectivity index (χ0v) is 10.7. The Morgan fingerprint density at radius 1 is 0.842 bits per heavy atom. The first-order valence-electron chi connectivity index (χ1n) is 6.85. The third kappa shape index (κ3) is 1.53. The lowest BCUT2D eigenvalue weighted by Crippen LogP contribution is -2.28. The molecular formula is C17H15NO. The number of carbonyl (C=O) groups is 1. The summed E-state index contributed by atoms with van der Waals surface area (Å²) in [5.74, 6) is 0.285. The van der Waals surface area contributed by atoms with E-state index in [1.165, 1.54) is 16.8 Å². The lowest BCUT2D eigenvalue weighted by Gasteiger charge is -2.32. The van der Waals surface area contributed by atoms with Crippen LogP contribution in [0.25, 0.3) is 0 Å². The van der Waals surface area contributed by atoms with Crippen molar-refractivity contribution in [1.29, 1.82) is 0 Å². The zero-order valence-electron chi connectivity index (χ0n) is 10.7. The Bertz CT molecular complexity index is 675. The summed E-state index contributed by atoms with van der Waals surface area (Å²) < 4.78 is 0. The maximum atomic E-state index is 12.1. The Balaban J connectivity index is 2.01. The highest BCUT2D eigenvalue weighted by Gasteiger charge is 2.29. The molecule has 0 radical (unpaired) electrons. The molecule has 2 nitrogen and oxygen atoms in total. The van der Waals surface area contributed by atoms with Crippen molar-refractivity contribution < 1.29 is 4.79 Å². The van der Waals surface area contributed by atoms with Gasteiger partial charge in [0.15, 0.2) is 5.78 Å². The standard InChI is InChI=1S/C17H15NO/c19-16-10-11-18-15-7-2-1-4-12(15)8-9-13-5-3-6-14(16)17(13)18/h1-7H,8-11H2. The molecule has 0 N–H and O–H groups in total. The molecule has 0 saturated carbocycles. The fourth-order valence-electron chi connectivity index (χ4n) is 3.29. The van der Waals surface area contributed by atoms with Crippen LogP contribution in [0.1, 0.15) is 27.9 Å². The molecular weight excluding hydrogens is 234 g/mol. The van der Waals surface area contributed by atoms with E-state index in [4.69, 9.17) is 0 Å². The summed E-state index contributed by atoms with van der Waals surface area (Å²) in [6, 6.07) is 14.7. The van der Waals surface area contributed by atoms with Crippen LogP contribution >= 0.6 is 0 Å². The number of Topliss-reactive ketones (excluding diaryl/α,β-unsaturated/α-hetero) is 1. The van der Waals surface area contributed by atoms with Crippen molar-refractivity contribution in [2.24, 2.45) is 0 Å². The van der Waals surface area contributed by atoms with Gasteiger partial charge in [0, 0.05) is 24.2 Å². The Labute approximate surface area is 112 Å². The van der Waals surface area contributed by atoms with Gasteiger partial charge >= 0.3 is 0 Å². The van der Waals surface area contributed by atoms with Crippen LogP contribution < -0.4 is 4.90 Å². The van der Waals surface area contributed by atoms with Crippen molar-refractivity contribution in [3.63, 3.8) is 0 Å². The van der Waals surface area contributed by atoms with Gasteiger partial charge in [-0.2, -0.15) is 0 Å². The summed E-state index contributed by atoms with van der Waals surface area (Å²) in [4.78, 5) is 14.5. The molecule has 2 aliphatic rings. The van der Waals surface area contributed by atoms with E-state index in [1.807, 2.05) is 12.1 Å². The molecule has 0 fully saturated rings. The van der Waals surface area contributed by atoms with Crippen molar-refractivity contribution in [2.75, 3.05) is 11.4 Å². The van der Waals surface area contributed by atoms with E-state index in [2.05, 4.69) is 35.2 Å². The normalized spacial score (nSPS) is 16.6. The molecule has 0 saturated heterocycles. The number of benzene rings is 2. The highest BCUT2D eigenvalue weighted by molar-refractivity contribution is 6.05. The molecule has 2 aromatic rings. The van der Waals surface area contributed by atoms with Crippen LogP contribution in [-0.4, -0.2) is 12.3 Å². The van der Waals surface area contributed by atoms with Crippen molar-refractivity contribution in [3.8, 4) is 0 Å². The van der Waals surface area contributed by atoms with E-state index in [0.29, 0.717) is 6.42 Å². The maximum absolute atomic E-state index is 12.1. The number of anilines is 2. The fraction of sp³-hybridized carbons (Fsp3) is 0.235. The number of aryl methyl sites for hydroxylation is 2. The van der Waals surface area contributed by atoms with Crippen LogP contribution in [0.5, 0.6) is 0 Å². The third-order valence-electron chi connectivity index (χ3n) is 4.20. The Hall–Kier alpha value is -2.09. The van der Waals surface area contributed by atoms with Gasteiger partial charge in [-0.3, -0.25) is 4.79 Å². The lowest BCUT2D eigenvalue weighted by molar-refractivity contribution is 0.0981. The number of para-hydroxylation sites is 2. The summed E-state index contributed by atoms with van der Waals surface area (Å²) in [5, 5.41) is 0. The van der Waals surface area contributed by atoms with Gasteiger partial charge in [0.25, 0.3) is 0 Å². The first-order valence-corrected chi connectivity index (χ1v) is 6.85. The molecule has 0 atom stereocenters. The molecule has 0 aromatic heterocycles. The van der Waals surface area contributed by atoms with Gasteiger partial charge in [-0.25, -0.2) is 0 Å². The number of nitrogens with zero attached hydrogens (tertiary/aromatic N) is 1. The van der Waals surface area contributed by atoms with Gasteiger partial charge in [0.2, 0.25) is 0 Å². The van der Waals surface area contributed by atoms with Gasteiger partial charge in [0.1, 0.15) is 0 Å². The molecule has 2 aliphatic heterocycles. The largest absolute Gasteiger partial charge is 0.340 e. The van der Waals surface area contributed by atoms with Gasteiger partial charge < -0.3 is 4.90 Å². The van der Waals surface area contributed by atoms with E-state index in [1.54, 1.807) is 0 Å². The third-order valence-corrected chi connectivity index (χ3v) is 4.20. The monoisotopic (exact) mass is 249 g/mol. The molecule has 2 heterocycles. The predicted molar refractivity (Wildman–Crippen MR) is 76.2 cm³/mol. The van der Waals surface area contributed by atoms with Crippen LogP contribution in [0.2, 0.25) is 0 Å². The van der Waals surface area contributed by atoms with E-state index >= 15 is 0 Å². The van der Waals surface area contributed by atoms with Crippen LogP contribution in [0, 0.1) is 0 Å². The molecule has 0 unspecified atom stereocenters. The number of fused-ring (bicyclic) bond motifs is 2. The summed E-state index contributed by atoms with van der Waals surface area (Å²) in [6.07, 6.45) is 2.69. The number of rotatable bonds is 0. The molecule has 2 heteroatoms. The van der Waals surface area contributed by atoms with Gasteiger partial charge in [-0.1, -0.05) is 30.3 Å². The van der Waals surface area contributed by atoms with Crippen LogP contribution in [0.15, 0.2) is 42.5 Å². The second-order valence-corrected chi connectivity index (χ2v) is 5.27. The van der Waals surface area contributed by atoms with Crippen molar-refractivity contribution in [1.82, 2.24) is 0 Å². The SMILES string of the molecule is O=C1CCN2c3ccccc3CCc3cccc1c32. The minimum Gasteiger partial charge on any atom is -0.340 e. The fourth-order valence-corrected chi connectivity index (χ4v) is 3.29. The molecule has 0 aliphatic carbocycles. The molecule has 19 heavy (non-hydrogen) atoms. The van der Waals surface area contributed by atoms with E-state index in [-0.39, 0.29) is 5.78 Å². The maximum Gasteiger partial charge on any atom is 0.166 e. The second-order valence-electron chi connectivity index (χ2n) is 5.27. The molecule has 0 amide bonds. The van der Waals surface area contributed by atoms with Crippen LogP contribution in [-0.2, 0) is 12.8 Å². The second kappa shape index (κ2) is 3.95. The smallest absolute Gasteiger partial charge is 0.166 e. The zero-order chi connectivity index (χ0) is 12.8. The van der Waals surface area contributed by atoms with Crippen LogP contribution in [0.3, 0.4) is 0 Å². The summed E-state index contributed by atoms with van der Waals surface area (Å²) in [7, 11) is 0. The quantitative estimate of drug-likeness (QED) is 0.712. The summed E-state index contributed by atoms with van der Waals surface area (Å²) >= 11 is 0. The summed E-state index contributed by atoms with van der Waals surface area (Å²) in [6.45, 7) is 0.805. The Morgan fingerprint density at radius 2 is 1.63 bits per heavy atom. The minimum atomic E-state index is 0.285. The topological polar surface area (TPSA) is 20.3 Å². The molecule has 94 valence electrons. The van der Waals surface area contributed by atoms with Crippen molar-refractivity contribution in [3.05, 3.63) is 59.2 Å². The number of ketones is 1. The summed E-state index contributed by atoms with van der Waals surface area (Å²) in [5.41, 5.74) is 6.03. The van der Waals surface area contributed by atoms with Gasteiger partial charge in [-0.05, 0) is 36.1 Å². The van der Waals surface area contributed by atoms with E-state index in [9.17, 15) is 4.79 Å². The minimum absolute atomic E-state index is 0.285. The van der Waals surface area contributed by atoms with Crippen molar-refractivity contribution in [2.45, 2.75) is 19.3 Å².